The number of anilines is 2. The van der Waals surface area contributed by atoms with E-state index in [1.54, 1.807) is 18.5 Å². The minimum atomic E-state index is -0.249. The Morgan fingerprint density at radius 3 is 2.57 bits per heavy atom. The Labute approximate surface area is 216 Å². The van der Waals surface area contributed by atoms with Crippen LogP contribution in [0.3, 0.4) is 0 Å². The number of carbonyl (C=O) groups excluding carboxylic acids is 1. The van der Waals surface area contributed by atoms with Crippen LogP contribution < -0.4 is 10.2 Å². The van der Waals surface area contributed by atoms with Crippen molar-refractivity contribution in [2.45, 2.75) is 33.4 Å². The Morgan fingerprint density at radius 1 is 0.973 bits per heavy atom. The predicted molar refractivity (Wildman–Crippen MR) is 147 cm³/mol. The van der Waals surface area contributed by atoms with Gasteiger partial charge in [0.1, 0.15) is 23.7 Å². The maximum Gasteiger partial charge on any atom is 0.256 e. The lowest BCUT2D eigenvalue weighted by Gasteiger charge is -2.22. The van der Waals surface area contributed by atoms with E-state index < -0.39 is 0 Å². The van der Waals surface area contributed by atoms with E-state index in [0.717, 1.165) is 29.8 Å². The average molecular weight is 492 g/mol. The highest BCUT2D eigenvalue weighted by Gasteiger charge is 2.14. The number of aromatic nitrogens is 5. The second-order valence-electron chi connectivity index (χ2n) is 9.09. The number of hydrogen-bond acceptors (Lipinski definition) is 6. The fourth-order valence-electron chi connectivity index (χ4n) is 4.20. The van der Waals surface area contributed by atoms with E-state index in [4.69, 9.17) is 4.98 Å². The Bertz CT molecular complexity index is 1530. The molecule has 2 aromatic carbocycles. The topological polar surface area (TPSA) is 88.8 Å². The minimum absolute atomic E-state index is 0.191. The van der Waals surface area contributed by atoms with Crippen LogP contribution in [-0.2, 0) is 6.54 Å². The van der Waals surface area contributed by atoms with Crippen molar-refractivity contribution >= 4 is 28.4 Å². The molecule has 0 unspecified atom stereocenters. The Kier molecular flexibility index (Phi) is 6.89. The van der Waals surface area contributed by atoms with Crippen LogP contribution in [0, 0.1) is 0 Å². The van der Waals surface area contributed by atoms with Crippen molar-refractivity contribution < 1.29 is 4.79 Å². The van der Waals surface area contributed by atoms with Crippen molar-refractivity contribution in [1.29, 1.82) is 0 Å². The molecular weight excluding hydrogens is 462 g/mol. The van der Waals surface area contributed by atoms with Crippen LogP contribution in [0.25, 0.3) is 22.4 Å². The second-order valence-corrected chi connectivity index (χ2v) is 9.09. The molecule has 3 heterocycles. The number of hydrogen-bond donors (Lipinski definition) is 1. The van der Waals surface area contributed by atoms with Crippen molar-refractivity contribution in [3.8, 4) is 11.5 Å². The van der Waals surface area contributed by atoms with Crippen molar-refractivity contribution in [2.24, 2.45) is 0 Å². The molecule has 5 rings (SSSR count). The van der Waals surface area contributed by atoms with Crippen molar-refractivity contribution in [3.63, 3.8) is 0 Å². The van der Waals surface area contributed by atoms with Gasteiger partial charge in [0, 0.05) is 30.1 Å². The third kappa shape index (κ3) is 5.33. The van der Waals surface area contributed by atoms with E-state index in [-0.39, 0.29) is 11.9 Å². The summed E-state index contributed by atoms with van der Waals surface area (Å²) in [6, 6.07) is 25.6. The molecule has 0 radical (unpaired) electrons. The lowest BCUT2D eigenvalue weighted by Crippen LogP contribution is -2.23. The molecule has 0 aliphatic rings. The summed E-state index contributed by atoms with van der Waals surface area (Å²) in [6.07, 6.45) is 1.68. The quantitative estimate of drug-likeness (QED) is 0.297. The zero-order chi connectivity index (χ0) is 25.8. The zero-order valence-corrected chi connectivity index (χ0v) is 21.2. The third-order valence-electron chi connectivity index (χ3n) is 6.21. The molecule has 0 bridgehead atoms. The molecule has 186 valence electrons. The van der Waals surface area contributed by atoms with Gasteiger partial charge in [-0.3, -0.25) is 4.79 Å². The summed E-state index contributed by atoms with van der Waals surface area (Å²) >= 11 is 0. The average Bonchev–Trinajstić information content (AvgIpc) is 3.42. The van der Waals surface area contributed by atoms with E-state index in [1.807, 2.05) is 59.2 Å². The Morgan fingerprint density at radius 2 is 1.78 bits per heavy atom. The number of carbonyl (C=O) groups is 1. The van der Waals surface area contributed by atoms with Crippen molar-refractivity contribution in [2.75, 3.05) is 16.8 Å². The summed E-state index contributed by atoms with van der Waals surface area (Å²) < 4.78 is 1.94. The zero-order valence-electron chi connectivity index (χ0n) is 21.2. The molecule has 0 aliphatic heterocycles. The largest absolute Gasteiger partial charge is 0.353 e. The molecule has 0 saturated heterocycles. The molecule has 8 nitrogen and oxygen atoms in total. The fraction of sp³-hybridized carbons (Fsp3) is 0.207. The van der Waals surface area contributed by atoms with E-state index >= 15 is 0 Å². The number of amides is 1. The lowest BCUT2D eigenvalue weighted by molar-refractivity contribution is 0.102. The molecule has 1 N–H and O–H groups in total. The van der Waals surface area contributed by atoms with Gasteiger partial charge in [-0.25, -0.2) is 9.97 Å². The van der Waals surface area contributed by atoms with Crippen LogP contribution in [-0.4, -0.2) is 37.2 Å². The molecule has 37 heavy (non-hydrogen) atoms. The van der Waals surface area contributed by atoms with Gasteiger partial charge in [0.15, 0.2) is 5.82 Å². The SMILES string of the molecule is CCN(Cc1ccccc1)c1ccc2ccc(C(=O)Nc3cccc(-c4nncn4C(C)C)n3)cc2n1. The smallest absolute Gasteiger partial charge is 0.256 e. The number of benzene rings is 2. The van der Waals surface area contributed by atoms with E-state index in [9.17, 15) is 4.79 Å². The molecule has 8 heteroatoms. The van der Waals surface area contributed by atoms with Crippen molar-refractivity contribution in [1.82, 2.24) is 24.7 Å². The highest BCUT2D eigenvalue weighted by Crippen LogP contribution is 2.23. The van der Waals surface area contributed by atoms with Crippen LogP contribution in [0.4, 0.5) is 11.6 Å². The van der Waals surface area contributed by atoms with Gasteiger partial charge in [0.2, 0.25) is 0 Å². The first-order valence-corrected chi connectivity index (χ1v) is 12.4. The standard InChI is InChI=1S/C29H29N7O/c1-4-35(18-21-9-6-5-7-10-21)27-16-15-22-13-14-23(17-25(22)32-27)29(37)33-26-12-8-11-24(31-26)28-34-30-19-36(28)20(2)3/h5-17,19-20H,4,18H2,1-3H3,(H,31,33,37). The van der Waals surface area contributed by atoms with E-state index in [2.05, 4.69) is 58.3 Å². The summed E-state index contributed by atoms with van der Waals surface area (Å²) in [4.78, 5) is 24.8. The lowest BCUT2D eigenvalue weighted by atomic mass is 10.1. The molecule has 0 spiro atoms. The molecular formula is C29H29N7O. The summed E-state index contributed by atoms with van der Waals surface area (Å²) in [6.45, 7) is 7.81. The van der Waals surface area contributed by atoms with Gasteiger partial charge in [0.25, 0.3) is 5.91 Å². The van der Waals surface area contributed by atoms with Crippen molar-refractivity contribution in [3.05, 3.63) is 96.3 Å². The van der Waals surface area contributed by atoms with Gasteiger partial charge < -0.3 is 14.8 Å². The van der Waals surface area contributed by atoms with Crippen LogP contribution in [0.15, 0.2) is 85.2 Å². The maximum absolute atomic E-state index is 13.1. The van der Waals surface area contributed by atoms with Gasteiger partial charge in [-0.05, 0) is 62.7 Å². The van der Waals surface area contributed by atoms with E-state index in [1.165, 1.54) is 5.56 Å². The summed E-state index contributed by atoms with van der Waals surface area (Å²) in [5.74, 6) is 1.73. The number of rotatable bonds is 8. The highest BCUT2D eigenvalue weighted by molar-refractivity contribution is 6.05. The van der Waals surface area contributed by atoms with E-state index in [0.29, 0.717) is 22.9 Å². The van der Waals surface area contributed by atoms with Crippen LogP contribution >= 0.6 is 0 Å². The number of nitrogens with zero attached hydrogens (tertiary/aromatic N) is 6. The normalized spacial score (nSPS) is 11.1. The number of nitrogens with one attached hydrogen (secondary N) is 1. The number of fused-ring (bicyclic) bond motifs is 1. The minimum Gasteiger partial charge on any atom is -0.353 e. The Hall–Kier alpha value is -4.59. The summed E-state index contributed by atoms with van der Waals surface area (Å²) in [7, 11) is 0. The first kappa shape index (κ1) is 24.1. The first-order valence-electron chi connectivity index (χ1n) is 12.4. The number of pyridine rings is 2. The molecule has 1 amide bonds. The first-order chi connectivity index (χ1) is 18.0. The molecule has 0 saturated carbocycles. The monoisotopic (exact) mass is 491 g/mol. The fourth-order valence-corrected chi connectivity index (χ4v) is 4.20. The van der Waals surface area contributed by atoms with Crippen LogP contribution in [0.5, 0.6) is 0 Å². The maximum atomic E-state index is 13.1. The van der Waals surface area contributed by atoms with Gasteiger partial charge in [-0.15, -0.1) is 10.2 Å². The molecule has 0 atom stereocenters. The van der Waals surface area contributed by atoms with Gasteiger partial charge in [-0.1, -0.05) is 42.5 Å². The highest BCUT2D eigenvalue weighted by atomic mass is 16.1. The van der Waals surface area contributed by atoms with Gasteiger partial charge in [0.05, 0.1) is 5.52 Å². The third-order valence-corrected chi connectivity index (χ3v) is 6.21. The second kappa shape index (κ2) is 10.6. The van der Waals surface area contributed by atoms with Gasteiger partial charge >= 0.3 is 0 Å². The van der Waals surface area contributed by atoms with Crippen LogP contribution in [0.2, 0.25) is 0 Å². The summed E-state index contributed by atoms with van der Waals surface area (Å²) in [5, 5.41) is 12.1. The molecule has 3 aromatic heterocycles. The summed E-state index contributed by atoms with van der Waals surface area (Å²) in [5.41, 5.74) is 3.15. The Balaban J connectivity index is 1.37. The molecule has 0 aliphatic carbocycles. The predicted octanol–water partition coefficient (Wildman–Crippen LogP) is 5.75. The van der Waals surface area contributed by atoms with Crippen LogP contribution in [0.1, 0.15) is 42.7 Å². The molecule has 0 fully saturated rings. The van der Waals surface area contributed by atoms with Gasteiger partial charge in [-0.2, -0.15) is 0 Å². The molecule has 5 aromatic rings.